The van der Waals surface area contributed by atoms with Crippen LogP contribution in [0.25, 0.3) is 28.0 Å². The van der Waals surface area contributed by atoms with Gasteiger partial charge in [-0.3, -0.25) is 9.78 Å². The van der Waals surface area contributed by atoms with Crippen LogP contribution in [0.5, 0.6) is 0 Å². The summed E-state index contributed by atoms with van der Waals surface area (Å²) in [5, 5.41) is -0.149. The number of anilines is 1. The fraction of sp³-hybridized carbons (Fsp3) is 0.323. The minimum atomic E-state index is -5.25. The molecular weight excluding hydrogens is 647 g/mol. The Balaban J connectivity index is 1.92. The molecule has 3 aromatic heterocycles. The topological polar surface area (TPSA) is 118 Å². The number of benzene rings is 1. The molecule has 16 heteroatoms. The summed E-state index contributed by atoms with van der Waals surface area (Å²) in [4.78, 5) is 41.8. The number of rotatable bonds is 6. The Bertz CT molecular complexity index is 2100. The Morgan fingerprint density at radius 2 is 1.81 bits per heavy atom. The molecule has 4 heterocycles. The Morgan fingerprint density at radius 3 is 2.40 bits per heavy atom. The molecule has 0 aliphatic carbocycles. The lowest BCUT2D eigenvalue weighted by Gasteiger charge is -2.40. The van der Waals surface area contributed by atoms with Crippen LogP contribution in [-0.2, 0) is 20.8 Å². The number of hydrogen-bond acceptors (Lipinski definition) is 8. The predicted octanol–water partition coefficient (Wildman–Crippen LogP) is 4.89. The maximum absolute atomic E-state index is 16.0. The fourth-order valence-corrected chi connectivity index (χ4v) is 6.58. The summed E-state index contributed by atoms with van der Waals surface area (Å²) < 4.78 is 99.6. The molecule has 0 spiro atoms. The lowest BCUT2D eigenvalue weighted by molar-refractivity contribution is -0.139. The van der Waals surface area contributed by atoms with Crippen LogP contribution in [0.1, 0.15) is 37.9 Å². The van der Waals surface area contributed by atoms with Gasteiger partial charge in [0, 0.05) is 43.7 Å². The first kappa shape index (κ1) is 33.6. The Labute approximate surface area is 266 Å². The summed E-state index contributed by atoms with van der Waals surface area (Å²) in [5.41, 5.74) is -5.29. The second-order valence-electron chi connectivity index (χ2n) is 11.4. The second kappa shape index (κ2) is 12.1. The SMILES string of the molecule is C=CC(=O)N1CCN(c2nc(=O)n(-c3c(S(C)(=O)=O)ccnc3C(C)C)c3nc(-c4cccc(F)c4C(F)(F)F)c(F)cc23)[C@@H](C)C1. The number of piperazine rings is 1. The van der Waals surface area contributed by atoms with E-state index in [0.717, 1.165) is 41.2 Å². The van der Waals surface area contributed by atoms with Crippen molar-refractivity contribution in [1.29, 1.82) is 0 Å². The van der Waals surface area contributed by atoms with E-state index in [4.69, 9.17) is 0 Å². The Morgan fingerprint density at radius 1 is 1.11 bits per heavy atom. The van der Waals surface area contributed by atoms with E-state index in [-0.39, 0.29) is 53.0 Å². The third-order valence-corrected chi connectivity index (χ3v) is 8.95. The molecule has 0 unspecified atom stereocenters. The van der Waals surface area contributed by atoms with E-state index in [1.54, 1.807) is 25.7 Å². The zero-order valence-electron chi connectivity index (χ0n) is 25.6. The van der Waals surface area contributed by atoms with Gasteiger partial charge < -0.3 is 9.80 Å². The van der Waals surface area contributed by atoms with E-state index in [1.807, 2.05) is 0 Å². The van der Waals surface area contributed by atoms with Crippen LogP contribution in [0.4, 0.5) is 27.8 Å². The molecule has 248 valence electrons. The molecule has 4 aromatic rings. The summed E-state index contributed by atoms with van der Waals surface area (Å²) in [6.45, 7) is 9.04. The number of fused-ring (bicyclic) bond motifs is 1. The lowest BCUT2D eigenvalue weighted by Crippen LogP contribution is -2.54. The standard InChI is InChI=1S/C31H29F5N6O4S/c1-6-23(43)40-12-13-41(17(4)15-40)28-19-14-21(33)26(18-8-7-9-20(32)24(18)31(34,35)36)38-29(19)42(30(44)39-28)27-22(47(5,45)46)10-11-37-25(27)16(2)3/h6-11,14,16-17H,1,12-13,15H2,2-5H3/t17-/m0/s1. The van der Waals surface area contributed by atoms with Crippen LogP contribution in [0.2, 0.25) is 0 Å². The summed E-state index contributed by atoms with van der Waals surface area (Å²) in [6, 6.07) is 3.88. The highest BCUT2D eigenvalue weighted by atomic mass is 32.2. The molecule has 1 aliphatic heterocycles. The number of amides is 1. The summed E-state index contributed by atoms with van der Waals surface area (Å²) in [6.07, 6.45) is -1.96. The largest absolute Gasteiger partial charge is 0.419 e. The zero-order valence-corrected chi connectivity index (χ0v) is 26.5. The monoisotopic (exact) mass is 676 g/mol. The summed E-state index contributed by atoms with van der Waals surface area (Å²) in [7, 11) is -4.07. The molecule has 1 fully saturated rings. The van der Waals surface area contributed by atoms with Crippen molar-refractivity contribution < 1.29 is 35.2 Å². The van der Waals surface area contributed by atoms with Gasteiger partial charge in [0.15, 0.2) is 15.5 Å². The molecule has 0 saturated carbocycles. The van der Waals surface area contributed by atoms with Gasteiger partial charge in [0.25, 0.3) is 0 Å². The maximum Gasteiger partial charge on any atom is 0.419 e. The van der Waals surface area contributed by atoms with Crippen molar-refractivity contribution in [3.8, 4) is 16.9 Å². The minimum absolute atomic E-state index is 0.0939. The van der Waals surface area contributed by atoms with Gasteiger partial charge in [-0.15, -0.1) is 0 Å². The first-order chi connectivity index (χ1) is 21.9. The van der Waals surface area contributed by atoms with Gasteiger partial charge >= 0.3 is 11.9 Å². The molecule has 1 aliphatic rings. The van der Waals surface area contributed by atoms with E-state index >= 15 is 4.39 Å². The molecule has 0 bridgehead atoms. The molecule has 0 N–H and O–H groups in total. The Hall–Kier alpha value is -4.73. The number of nitrogens with zero attached hydrogens (tertiary/aromatic N) is 6. The van der Waals surface area contributed by atoms with Crippen LogP contribution in [0, 0.1) is 11.6 Å². The number of aromatic nitrogens is 4. The van der Waals surface area contributed by atoms with Crippen LogP contribution in [0.15, 0.2) is 58.9 Å². The van der Waals surface area contributed by atoms with Gasteiger partial charge in [-0.2, -0.15) is 18.2 Å². The van der Waals surface area contributed by atoms with E-state index in [2.05, 4.69) is 21.5 Å². The van der Waals surface area contributed by atoms with Gasteiger partial charge in [0.2, 0.25) is 5.91 Å². The fourth-order valence-electron chi connectivity index (χ4n) is 5.72. The summed E-state index contributed by atoms with van der Waals surface area (Å²) >= 11 is 0. The number of carbonyl (C=O) groups is 1. The van der Waals surface area contributed by atoms with Crippen LogP contribution in [-0.4, -0.2) is 70.7 Å². The van der Waals surface area contributed by atoms with E-state index in [0.29, 0.717) is 6.07 Å². The minimum Gasteiger partial charge on any atom is -0.350 e. The van der Waals surface area contributed by atoms with Crippen molar-refractivity contribution in [2.75, 3.05) is 30.8 Å². The number of hydrogen-bond donors (Lipinski definition) is 0. The molecular formula is C31H29F5N6O4S. The van der Waals surface area contributed by atoms with Crippen molar-refractivity contribution in [3.05, 3.63) is 82.6 Å². The first-order valence-corrected chi connectivity index (χ1v) is 16.2. The molecule has 1 atom stereocenters. The van der Waals surface area contributed by atoms with Crippen molar-refractivity contribution in [1.82, 2.24) is 24.4 Å². The smallest absolute Gasteiger partial charge is 0.350 e. The normalized spacial score (nSPS) is 15.8. The van der Waals surface area contributed by atoms with Gasteiger partial charge in [0.05, 0.1) is 21.7 Å². The number of halogens is 5. The van der Waals surface area contributed by atoms with Gasteiger partial charge in [-0.25, -0.2) is 31.5 Å². The molecule has 5 rings (SSSR count). The van der Waals surface area contributed by atoms with E-state index < -0.39 is 67.8 Å². The van der Waals surface area contributed by atoms with Gasteiger partial charge in [-0.1, -0.05) is 32.6 Å². The molecule has 0 radical (unpaired) electrons. The van der Waals surface area contributed by atoms with E-state index in [1.165, 1.54) is 11.1 Å². The number of carbonyl (C=O) groups excluding carboxylic acids is 1. The van der Waals surface area contributed by atoms with Crippen LogP contribution < -0.4 is 10.6 Å². The predicted molar refractivity (Wildman–Crippen MR) is 164 cm³/mol. The number of pyridine rings is 2. The molecule has 1 saturated heterocycles. The summed E-state index contributed by atoms with van der Waals surface area (Å²) in [5.74, 6) is -3.86. The van der Waals surface area contributed by atoms with E-state index in [9.17, 15) is 35.6 Å². The average Bonchev–Trinajstić information content (AvgIpc) is 2.98. The van der Waals surface area contributed by atoms with Crippen LogP contribution in [0.3, 0.4) is 0 Å². The maximum atomic E-state index is 16.0. The third kappa shape index (κ3) is 6.08. The quantitative estimate of drug-likeness (QED) is 0.209. The van der Waals surface area contributed by atoms with Gasteiger partial charge in [-0.05, 0) is 37.1 Å². The first-order valence-electron chi connectivity index (χ1n) is 14.3. The zero-order chi connectivity index (χ0) is 34.6. The second-order valence-corrected chi connectivity index (χ2v) is 13.4. The highest BCUT2D eigenvalue weighted by Crippen LogP contribution is 2.40. The highest BCUT2D eigenvalue weighted by Gasteiger charge is 2.39. The highest BCUT2D eigenvalue weighted by molar-refractivity contribution is 7.90. The molecule has 47 heavy (non-hydrogen) atoms. The van der Waals surface area contributed by atoms with Crippen molar-refractivity contribution in [2.24, 2.45) is 0 Å². The molecule has 1 amide bonds. The Kier molecular flexibility index (Phi) is 8.68. The van der Waals surface area contributed by atoms with Gasteiger partial charge in [0.1, 0.15) is 28.7 Å². The lowest BCUT2D eigenvalue weighted by atomic mass is 10.0. The van der Waals surface area contributed by atoms with Crippen molar-refractivity contribution in [2.45, 2.75) is 43.8 Å². The third-order valence-electron chi connectivity index (χ3n) is 7.82. The van der Waals surface area contributed by atoms with Crippen LogP contribution >= 0.6 is 0 Å². The number of alkyl halides is 3. The number of sulfone groups is 1. The molecule has 10 nitrogen and oxygen atoms in total. The average molecular weight is 677 g/mol. The molecule has 1 aromatic carbocycles. The van der Waals surface area contributed by atoms with Crippen molar-refractivity contribution in [3.63, 3.8) is 0 Å². The van der Waals surface area contributed by atoms with Crippen molar-refractivity contribution >= 4 is 32.6 Å².